The minimum atomic E-state index is -0.700. The predicted octanol–water partition coefficient (Wildman–Crippen LogP) is 2.49. The SMILES string of the molecule is COc1cccc2cc(CC(C)(C)O)[nH]c12. The monoisotopic (exact) mass is 219 g/mol. The van der Waals surface area contributed by atoms with Crippen LogP contribution in [0.5, 0.6) is 5.75 Å². The molecule has 0 saturated carbocycles. The molecular weight excluding hydrogens is 202 g/mol. The molecule has 3 heteroatoms. The lowest BCUT2D eigenvalue weighted by atomic mass is 10.0. The molecule has 16 heavy (non-hydrogen) atoms. The topological polar surface area (TPSA) is 45.2 Å². The van der Waals surface area contributed by atoms with E-state index < -0.39 is 5.60 Å². The minimum Gasteiger partial charge on any atom is -0.495 e. The summed E-state index contributed by atoms with van der Waals surface area (Å²) in [5.74, 6) is 0.833. The van der Waals surface area contributed by atoms with E-state index in [9.17, 15) is 5.11 Å². The second-order valence-corrected chi connectivity index (χ2v) is 4.71. The highest BCUT2D eigenvalue weighted by molar-refractivity contribution is 5.86. The maximum absolute atomic E-state index is 9.77. The Balaban J connectivity index is 2.44. The Morgan fingerprint density at radius 1 is 1.38 bits per heavy atom. The van der Waals surface area contributed by atoms with Crippen LogP contribution in [0.15, 0.2) is 24.3 Å². The van der Waals surface area contributed by atoms with E-state index in [-0.39, 0.29) is 0 Å². The highest BCUT2D eigenvalue weighted by atomic mass is 16.5. The van der Waals surface area contributed by atoms with E-state index >= 15 is 0 Å². The van der Waals surface area contributed by atoms with Crippen LogP contribution >= 0.6 is 0 Å². The molecule has 0 bridgehead atoms. The van der Waals surface area contributed by atoms with Gasteiger partial charge in [-0.05, 0) is 26.0 Å². The van der Waals surface area contributed by atoms with Gasteiger partial charge < -0.3 is 14.8 Å². The normalized spacial score (nSPS) is 12.0. The number of aromatic nitrogens is 1. The summed E-state index contributed by atoms with van der Waals surface area (Å²) in [6.07, 6.45) is 0.602. The molecule has 86 valence electrons. The van der Waals surface area contributed by atoms with E-state index in [1.165, 1.54) is 0 Å². The van der Waals surface area contributed by atoms with Crippen molar-refractivity contribution in [3.05, 3.63) is 30.0 Å². The molecule has 0 amide bonds. The number of fused-ring (bicyclic) bond motifs is 1. The fraction of sp³-hybridized carbons (Fsp3) is 0.385. The van der Waals surface area contributed by atoms with E-state index in [1.807, 2.05) is 18.2 Å². The Labute approximate surface area is 95.1 Å². The number of ether oxygens (including phenoxy) is 1. The van der Waals surface area contributed by atoms with Crippen LogP contribution in [0.3, 0.4) is 0 Å². The van der Waals surface area contributed by atoms with Crippen molar-refractivity contribution in [2.75, 3.05) is 7.11 Å². The van der Waals surface area contributed by atoms with Crippen LogP contribution in [-0.4, -0.2) is 22.8 Å². The molecule has 0 radical (unpaired) electrons. The molecule has 2 N–H and O–H groups in total. The van der Waals surface area contributed by atoms with Gasteiger partial charge >= 0.3 is 0 Å². The number of hydrogen-bond donors (Lipinski definition) is 2. The standard InChI is InChI=1S/C13H17NO2/c1-13(2,15)8-10-7-9-5-4-6-11(16-3)12(9)14-10/h4-7,14-15H,8H2,1-3H3. The van der Waals surface area contributed by atoms with Crippen LogP contribution in [-0.2, 0) is 6.42 Å². The van der Waals surface area contributed by atoms with Crippen LogP contribution in [0.4, 0.5) is 0 Å². The van der Waals surface area contributed by atoms with Gasteiger partial charge in [-0.25, -0.2) is 0 Å². The molecule has 0 aliphatic heterocycles. The molecule has 0 saturated heterocycles. The lowest BCUT2D eigenvalue weighted by Gasteiger charge is -2.15. The molecule has 0 fully saturated rings. The largest absolute Gasteiger partial charge is 0.495 e. The van der Waals surface area contributed by atoms with Gasteiger partial charge in [-0.1, -0.05) is 12.1 Å². The van der Waals surface area contributed by atoms with E-state index in [4.69, 9.17) is 4.74 Å². The highest BCUT2D eigenvalue weighted by Gasteiger charge is 2.15. The summed E-state index contributed by atoms with van der Waals surface area (Å²) in [6, 6.07) is 7.97. The van der Waals surface area contributed by atoms with Crippen LogP contribution < -0.4 is 4.74 Å². The summed E-state index contributed by atoms with van der Waals surface area (Å²) in [5, 5.41) is 10.9. The maximum atomic E-state index is 9.77. The summed E-state index contributed by atoms with van der Waals surface area (Å²) in [5.41, 5.74) is 1.31. The van der Waals surface area contributed by atoms with Crippen molar-refractivity contribution in [2.24, 2.45) is 0 Å². The van der Waals surface area contributed by atoms with Gasteiger partial charge in [0.2, 0.25) is 0 Å². The first-order valence-electron chi connectivity index (χ1n) is 5.36. The summed E-state index contributed by atoms with van der Waals surface area (Å²) in [7, 11) is 1.66. The van der Waals surface area contributed by atoms with Crippen molar-refractivity contribution in [2.45, 2.75) is 25.9 Å². The molecule has 3 nitrogen and oxygen atoms in total. The third kappa shape index (κ3) is 2.19. The zero-order chi connectivity index (χ0) is 11.8. The van der Waals surface area contributed by atoms with E-state index in [1.54, 1.807) is 21.0 Å². The van der Waals surface area contributed by atoms with Gasteiger partial charge in [-0.2, -0.15) is 0 Å². The van der Waals surface area contributed by atoms with E-state index in [0.29, 0.717) is 6.42 Å². The number of nitrogens with one attached hydrogen (secondary N) is 1. The van der Waals surface area contributed by atoms with Crippen LogP contribution in [0.2, 0.25) is 0 Å². The van der Waals surface area contributed by atoms with Gasteiger partial charge in [0, 0.05) is 17.5 Å². The van der Waals surface area contributed by atoms with Crippen LogP contribution in [0, 0.1) is 0 Å². The fourth-order valence-corrected chi connectivity index (χ4v) is 1.92. The zero-order valence-electron chi connectivity index (χ0n) is 9.87. The van der Waals surface area contributed by atoms with Crippen LogP contribution in [0.25, 0.3) is 10.9 Å². The summed E-state index contributed by atoms with van der Waals surface area (Å²) >= 11 is 0. The molecule has 0 aliphatic rings. The molecular formula is C13H17NO2. The average molecular weight is 219 g/mol. The first kappa shape index (κ1) is 11.0. The molecule has 2 aromatic rings. The predicted molar refractivity (Wildman–Crippen MR) is 64.9 cm³/mol. The minimum absolute atomic E-state index is 0.602. The molecule has 0 spiro atoms. The Kier molecular flexibility index (Phi) is 2.64. The van der Waals surface area contributed by atoms with Crippen molar-refractivity contribution in [1.82, 2.24) is 4.98 Å². The molecule has 2 rings (SSSR count). The summed E-state index contributed by atoms with van der Waals surface area (Å²) in [4.78, 5) is 3.29. The molecule has 0 aliphatic carbocycles. The number of aliphatic hydroxyl groups is 1. The Morgan fingerprint density at radius 3 is 2.75 bits per heavy atom. The van der Waals surface area contributed by atoms with Gasteiger partial charge in [0.05, 0.1) is 18.2 Å². The van der Waals surface area contributed by atoms with Crippen molar-refractivity contribution in [3.63, 3.8) is 0 Å². The summed E-state index contributed by atoms with van der Waals surface area (Å²) < 4.78 is 5.28. The average Bonchev–Trinajstić information content (AvgIpc) is 2.56. The number of para-hydroxylation sites is 1. The molecule has 1 aromatic heterocycles. The van der Waals surface area contributed by atoms with Crippen molar-refractivity contribution in [1.29, 1.82) is 0 Å². The number of rotatable bonds is 3. The highest BCUT2D eigenvalue weighted by Crippen LogP contribution is 2.26. The second-order valence-electron chi connectivity index (χ2n) is 4.71. The molecule has 0 atom stereocenters. The van der Waals surface area contributed by atoms with Gasteiger partial charge in [-0.15, -0.1) is 0 Å². The third-order valence-electron chi connectivity index (χ3n) is 2.52. The molecule has 1 heterocycles. The number of methoxy groups -OCH3 is 1. The summed E-state index contributed by atoms with van der Waals surface area (Å²) in [6.45, 7) is 3.60. The van der Waals surface area contributed by atoms with Gasteiger partial charge in [0.15, 0.2) is 0 Å². The van der Waals surface area contributed by atoms with Gasteiger partial charge in [-0.3, -0.25) is 0 Å². The number of aromatic amines is 1. The second kappa shape index (κ2) is 3.83. The number of hydrogen-bond acceptors (Lipinski definition) is 2. The lowest BCUT2D eigenvalue weighted by Crippen LogP contribution is -2.21. The smallest absolute Gasteiger partial charge is 0.142 e. The quantitative estimate of drug-likeness (QED) is 0.833. The first-order valence-corrected chi connectivity index (χ1v) is 5.36. The van der Waals surface area contributed by atoms with E-state index in [0.717, 1.165) is 22.3 Å². The maximum Gasteiger partial charge on any atom is 0.142 e. The van der Waals surface area contributed by atoms with Gasteiger partial charge in [0.25, 0.3) is 0 Å². The van der Waals surface area contributed by atoms with E-state index in [2.05, 4.69) is 11.1 Å². The lowest BCUT2D eigenvalue weighted by molar-refractivity contribution is 0.0801. The van der Waals surface area contributed by atoms with Crippen molar-refractivity contribution < 1.29 is 9.84 Å². The zero-order valence-corrected chi connectivity index (χ0v) is 9.87. The van der Waals surface area contributed by atoms with Gasteiger partial charge in [0.1, 0.15) is 5.75 Å². The van der Waals surface area contributed by atoms with Crippen molar-refractivity contribution in [3.8, 4) is 5.75 Å². The Hall–Kier alpha value is -1.48. The van der Waals surface area contributed by atoms with Crippen molar-refractivity contribution >= 4 is 10.9 Å². The fourth-order valence-electron chi connectivity index (χ4n) is 1.92. The third-order valence-corrected chi connectivity index (χ3v) is 2.52. The Bertz CT molecular complexity index is 494. The first-order chi connectivity index (χ1) is 7.49. The molecule has 0 unspecified atom stereocenters. The number of H-pyrrole nitrogens is 1. The number of benzene rings is 1. The van der Waals surface area contributed by atoms with Crippen LogP contribution in [0.1, 0.15) is 19.5 Å². The molecule has 1 aromatic carbocycles. The Morgan fingerprint density at radius 2 is 2.12 bits per heavy atom.